The number of amides is 1. The summed E-state index contributed by atoms with van der Waals surface area (Å²) in [6.45, 7) is 4.79. The van der Waals surface area contributed by atoms with Gasteiger partial charge in [-0.2, -0.15) is 0 Å². The zero-order valence-electron chi connectivity index (χ0n) is 13.0. The predicted molar refractivity (Wildman–Crippen MR) is 91.7 cm³/mol. The third-order valence-corrected chi connectivity index (χ3v) is 4.89. The van der Waals surface area contributed by atoms with Crippen LogP contribution in [0.1, 0.15) is 23.4 Å². The molecule has 0 saturated heterocycles. The molecule has 5 nitrogen and oxygen atoms in total. The van der Waals surface area contributed by atoms with Gasteiger partial charge in [0.05, 0.1) is 0 Å². The third-order valence-electron chi connectivity index (χ3n) is 3.02. The molecule has 0 radical (unpaired) electrons. The van der Waals surface area contributed by atoms with E-state index in [1.807, 2.05) is 33.0 Å². The number of hydrogen-bond donors (Lipinski definition) is 2. The Morgan fingerprint density at radius 3 is 2.77 bits per heavy atom. The summed E-state index contributed by atoms with van der Waals surface area (Å²) in [5.74, 6) is 0.0542. The molecule has 0 unspecified atom stereocenters. The molecule has 7 heteroatoms. The fourth-order valence-electron chi connectivity index (χ4n) is 1.90. The first-order valence-corrected chi connectivity index (χ1v) is 8.75. The molecule has 0 spiro atoms. The first-order valence-electron chi connectivity index (χ1n) is 7.11. The molecule has 2 N–H and O–H groups in total. The second-order valence-electron chi connectivity index (χ2n) is 4.92. The SMILES string of the molecule is CNCCCC(=O)Nc1ccc(Sc2nnc(C)s2)cc1C. The highest BCUT2D eigenvalue weighted by atomic mass is 32.2. The van der Waals surface area contributed by atoms with Gasteiger partial charge in [0, 0.05) is 17.0 Å². The zero-order valence-corrected chi connectivity index (χ0v) is 14.6. The van der Waals surface area contributed by atoms with E-state index in [-0.39, 0.29) is 5.91 Å². The van der Waals surface area contributed by atoms with Gasteiger partial charge in [0.2, 0.25) is 5.91 Å². The van der Waals surface area contributed by atoms with Crippen molar-refractivity contribution in [2.24, 2.45) is 0 Å². The molecule has 0 saturated carbocycles. The van der Waals surface area contributed by atoms with Crippen molar-refractivity contribution >= 4 is 34.7 Å². The largest absolute Gasteiger partial charge is 0.326 e. The highest BCUT2D eigenvalue weighted by molar-refractivity contribution is 8.01. The molecule has 0 aliphatic carbocycles. The van der Waals surface area contributed by atoms with Crippen LogP contribution in [0.2, 0.25) is 0 Å². The maximum atomic E-state index is 11.9. The van der Waals surface area contributed by atoms with Crippen LogP contribution in [-0.2, 0) is 4.79 Å². The van der Waals surface area contributed by atoms with Crippen molar-refractivity contribution in [2.45, 2.75) is 35.9 Å². The van der Waals surface area contributed by atoms with Gasteiger partial charge in [0.1, 0.15) is 5.01 Å². The van der Waals surface area contributed by atoms with Crippen LogP contribution in [0.15, 0.2) is 27.4 Å². The maximum absolute atomic E-state index is 11.9. The summed E-state index contributed by atoms with van der Waals surface area (Å²) in [5.41, 5.74) is 1.92. The number of rotatable bonds is 7. The summed E-state index contributed by atoms with van der Waals surface area (Å²) >= 11 is 3.17. The summed E-state index contributed by atoms with van der Waals surface area (Å²) in [7, 11) is 1.89. The number of carbonyl (C=O) groups is 1. The zero-order chi connectivity index (χ0) is 15.9. The van der Waals surface area contributed by atoms with E-state index in [2.05, 4.69) is 26.9 Å². The molecular formula is C15H20N4OS2. The number of aromatic nitrogens is 2. The fourth-order valence-corrected chi connectivity index (χ4v) is 3.79. The molecule has 0 fully saturated rings. The Balaban J connectivity index is 1.95. The molecule has 1 heterocycles. The van der Waals surface area contributed by atoms with Crippen LogP contribution >= 0.6 is 23.1 Å². The maximum Gasteiger partial charge on any atom is 0.224 e. The van der Waals surface area contributed by atoms with Crippen LogP contribution < -0.4 is 10.6 Å². The van der Waals surface area contributed by atoms with Gasteiger partial charge in [-0.15, -0.1) is 10.2 Å². The second-order valence-corrected chi connectivity index (χ2v) is 7.42. The predicted octanol–water partition coefficient (Wildman–Crippen LogP) is 3.24. The standard InChI is InChI=1S/C15H20N4OS2/c1-10-9-12(22-15-19-18-11(2)21-15)6-7-13(10)17-14(20)5-4-8-16-3/h6-7,9,16H,4-5,8H2,1-3H3,(H,17,20). The van der Waals surface area contributed by atoms with Gasteiger partial charge in [0.15, 0.2) is 4.34 Å². The van der Waals surface area contributed by atoms with Gasteiger partial charge < -0.3 is 10.6 Å². The summed E-state index contributed by atoms with van der Waals surface area (Å²) in [6.07, 6.45) is 1.37. The van der Waals surface area contributed by atoms with Crippen LogP contribution in [0.25, 0.3) is 0 Å². The number of anilines is 1. The van der Waals surface area contributed by atoms with Crippen LogP contribution in [0.5, 0.6) is 0 Å². The minimum Gasteiger partial charge on any atom is -0.326 e. The van der Waals surface area contributed by atoms with Gasteiger partial charge in [0.25, 0.3) is 0 Å². The van der Waals surface area contributed by atoms with Crippen LogP contribution in [0.3, 0.4) is 0 Å². The molecule has 1 aromatic carbocycles. The van der Waals surface area contributed by atoms with E-state index in [0.717, 1.165) is 38.5 Å². The Morgan fingerprint density at radius 1 is 1.32 bits per heavy atom. The van der Waals surface area contributed by atoms with Crippen LogP contribution in [0.4, 0.5) is 5.69 Å². The summed E-state index contributed by atoms with van der Waals surface area (Å²) in [6, 6.07) is 6.00. The van der Waals surface area contributed by atoms with Crippen molar-refractivity contribution in [1.82, 2.24) is 15.5 Å². The monoisotopic (exact) mass is 336 g/mol. The average Bonchev–Trinajstić information content (AvgIpc) is 2.87. The Kier molecular flexibility index (Phi) is 6.35. The van der Waals surface area contributed by atoms with Crippen molar-refractivity contribution < 1.29 is 4.79 Å². The van der Waals surface area contributed by atoms with Crippen LogP contribution in [0, 0.1) is 13.8 Å². The number of nitrogens with zero attached hydrogens (tertiary/aromatic N) is 2. The number of benzene rings is 1. The van der Waals surface area contributed by atoms with E-state index in [9.17, 15) is 4.79 Å². The Bertz CT molecular complexity index is 642. The van der Waals surface area contributed by atoms with E-state index in [1.54, 1.807) is 23.1 Å². The minimum atomic E-state index is 0.0542. The van der Waals surface area contributed by atoms with E-state index in [1.165, 1.54) is 0 Å². The number of nitrogens with one attached hydrogen (secondary N) is 2. The van der Waals surface area contributed by atoms with Crippen molar-refractivity contribution in [3.05, 3.63) is 28.8 Å². The van der Waals surface area contributed by atoms with E-state index < -0.39 is 0 Å². The van der Waals surface area contributed by atoms with Gasteiger partial charge in [-0.25, -0.2) is 0 Å². The van der Waals surface area contributed by atoms with Crippen molar-refractivity contribution in [1.29, 1.82) is 0 Å². The van der Waals surface area contributed by atoms with Gasteiger partial charge in [-0.3, -0.25) is 4.79 Å². The lowest BCUT2D eigenvalue weighted by atomic mass is 10.2. The lowest BCUT2D eigenvalue weighted by Gasteiger charge is -2.09. The van der Waals surface area contributed by atoms with E-state index >= 15 is 0 Å². The topological polar surface area (TPSA) is 66.9 Å². The quantitative estimate of drug-likeness (QED) is 0.760. The molecule has 0 aliphatic heterocycles. The minimum absolute atomic E-state index is 0.0542. The second kappa shape index (κ2) is 8.26. The smallest absolute Gasteiger partial charge is 0.224 e. The molecule has 2 aromatic rings. The van der Waals surface area contributed by atoms with Gasteiger partial charge in [-0.05, 0) is 57.6 Å². The third kappa shape index (κ3) is 5.08. The highest BCUT2D eigenvalue weighted by Crippen LogP contribution is 2.32. The van der Waals surface area contributed by atoms with E-state index in [0.29, 0.717) is 6.42 Å². The normalized spacial score (nSPS) is 10.7. The van der Waals surface area contributed by atoms with Crippen molar-refractivity contribution in [3.63, 3.8) is 0 Å². The molecule has 2 rings (SSSR count). The Morgan fingerprint density at radius 2 is 2.14 bits per heavy atom. The first-order chi connectivity index (χ1) is 10.6. The molecule has 118 valence electrons. The number of carbonyl (C=O) groups excluding carboxylic acids is 1. The summed E-state index contributed by atoms with van der Waals surface area (Å²) < 4.78 is 0.931. The van der Waals surface area contributed by atoms with E-state index in [4.69, 9.17) is 0 Å². The van der Waals surface area contributed by atoms with Gasteiger partial charge in [-0.1, -0.05) is 23.1 Å². The average molecular weight is 336 g/mol. The molecule has 0 aliphatic rings. The lowest BCUT2D eigenvalue weighted by Crippen LogP contribution is -2.15. The number of aryl methyl sites for hydroxylation is 2. The summed E-state index contributed by atoms with van der Waals surface area (Å²) in [5, 5.41) is 15.1. The number of hydrogen-bond acceptors (Lipinski definition) is 6. The Labute approximate surface area is 138 Å². The van der Waals surface area contributed by atoms with Crippen molar-refractivity contribution in [3.8, 4) is 0 Å². The lowest BCUT2D eigenvalue weighted by molar-refractivity contribution is -0.116. The molecule has 22 heavy (non-hydrogen) atoms. The molecular weight excluding hydrogens is 316 g/mol. The van der Waals surface area contributed by atoms with Gasteiger partial charge >= 0.3 is 0 Å². The highest BCUT2D eigenvalue weighted by Gasteiger charge is 2.08. The molecule has 0 atom stereocenters. The molecule has 1 aromatic heterocycles. The Hall–Kier alpha value is -1.44. The first kappa shape index (κ1) is 16.9. The fraction of sp³-hybridized carbons (Fsp3) is 0.400. The molecule has 0 bridgehead atoms. The molecule has 1 amide bonds. The van der Waals surface area contributed by atoms with Crippen LogP contribution in [-0.4, -0.2) is 29.7 Å². The summed E-state index contributed by atoms with van der Waals surface area (Å²) in [4.78, 5) is 13.0. The van der Waals surface area contributed by atoms with Crippen molar-refractivity contribution in [2.75, 3.05) is 18.9 Å².